The van der Waals surface area contributed by atoms with Gasteiger partial charge in [-0.1, -0.05) is 6.07 Å². The molecule has 17 heavy (non-hydrogen) atoms. The van der Waals surface area contributed by atoms with E-state index < -0.39 is 11.6 Å². The van der Waals surface area contributed by atoms with Crippen molar-refractivity contribution >= 4 is 5.84 Å². The number of nitrogens with two attached hydrogens (primary N) is 1. The minimum atomic E-state index is -0.798. The van der Waals surface area contributed by atoms with E-state index in [0.717, 1.165) is 31.2 Å². The molecule has 1 heterocycles. The van der Waals surface area contributed by atoms with Crippen LogP contribution >= 0.6 is 0 Å². The van der Waals surface area contributed by atoms with E-state index in [0.29, 0.717) is 12.3 Å². The minimum Gasteiger partial charge on any atom is -0.387 e. The number of hydrogen-bond donors (Lipinski definition) is 1. The molecule has 2 nitrogen and oxygen atoms in total. The molecule has 1 aliphatic rings. The molecule has 92 valence electrons. The van der Waals surface area contributed by atoms with E-state index in [9.17, 15) is 8.78 Å². The number of hydrogen-bond acceptors (Lipinski definition) is 2. The SMILES string of the molecule is NC1=N[C@@H](CCc2ccc(F)c(F)c2)CCC1. The monoisotopic (exact) mass is 238 g/mol. The number of aryl methyl sites for hydroxylation is 1. The Bertz CT molecular complexity index is 429. The van der Waals surface area contributed by atoms with Gasteiger partial charge in [0.2, 0.25) is 0 Å². The Morgan fingerprint density at radius 3 is 2.82 bits per heavy atom. The third-order valence-electron chi connectivity index (χ3n) is 3.07. The van der Waals surface area contributed by atoms with E-state index in [1.165, 1.54) is 12.1 Å². The van der Waals surface area contributed by atoms with Crippen LogP contribution in [-0.2, 0) is 6.42 Å². The van der Waals surface area contributed by atoms with Crippen LogP contribution < -0.4 is 5.73 Å². The van der Waals surface area contributed by atoms with Crippen LogP contribution in [0.2, 0.25) is 0 Å². The lowest BCUT2D eigenvalue weighted by molar-refractivity contribution is 0.503. The molecule has 1 aromatic rings. The first kappa shape index (κ1) is 12.0. The molecule has 0 unspecified atom stereocenters. The van der Waals surface area contributed by atoms with Crippen molar-refractivity contribution in [1.29, 1.82) is 0 Å². The molecule has 0 saturated carbocycles. The van der Waals surface area contributed by atoms with Gasteiger partial charge >= 0.3 is 0 Å². The molecule has 2 N–H and O–H groups in total. The van der Waals surface area contributed by atoms with Gasteiger partial charge in [-0.25, -0.2) is 8.78 Å². The number of halogens is 2. The first-order valence-corrected chi connectivity index (χ1v) is 5.91. The molecule has 0 radical (unpaired) electrons. The molecule has 1 aromatic carbocycles. The fourth-order valence-electron chi connectivity index (χ4n) is 2.12. The van der Waals surface area contributed by atoms with Crippen LogP contribution in [-0.4, -0.2) is 11.9 Å². The average Bonchev–Trinajstić information content (AvgIpc) is 2.31. The summed E-state index contributed by atoms with van der Waals surface area (Å²) in [5, 5.41) is 0. The molecule has 0 saturated heterocycles. The van der Waals surface area contributed by atoms with Crippen LogP contribution in [0.4, 0.5) is 8.78 Å². The highest BCUT2D eigenvalue weighted by Gasteiger charge is 2.13. The molecule has 0 aromatic heterocycles. The van der Waals surface area contributed by atoms with Crippen molar-refractivity contribution in [3.8, 4) is 0 Å². The van der Waals surface area contributed by atoms with Gasteiger partial charge in [0, 0.05) is 6.42 Å². The summed E-state index contributed by atoms with van der Waals surface area (Å²) in [5.74, 6) is -0.866. The summed E-state index contributed by atoms with van der Waals surface area (Å²) in [4.78, 5) is 4.36. The normalized spacial score (nSPS) is 20.1. The van der Waals surface area contributed by atoms with Crippen molar-refractivity contribution in [1.82, 2.24) is 0 Å². The predicted octanol–water partition coefficient (Wildman–Crippen LogP) is 2.81. The van der Waals surface area contributed by atoms with Crippen molar-refractivity contribution in [2.75, 3.05) is 0 Å². The smallest absolute Gasteiger partial charge is 0.159 e. The Morgan fingerprint density at radius 1 is 1.29 bits per heavy atom. The fourth-order valence-corrected chi connectivity index (χ4v) is 2.12. The number of nitrogens with zero attached hydrogens (tertiary/aromatic N) is 1. The first-order chi connectivity index (χ1) is 8.15. The molecule has 0 bridgehead atoms. The predicted molar refractivity (Wildman–Crippen MR) is 63.9 cm³/mol. The molecule has 1 atom stereocenters. The Morgan fingerprint density at radius 2 is 2.12 bits per heavy atom. The third-order valence-corrected chi connectivity index (χ3v) is 3.07. The summed E-state index contributed by atoms with van der Waals surface area (Å²) in [5.41, 5.74) is 6.49. The lowest BCUT2D eigenvalue weighted by Gasteiger charge is -2.18. The van der Waals surface area contributed by atoms with Gasteiger partial charge in [-0.3, -0.25) is 4.99 Å². The minimum absolute atomic E-state index is 0.233. The van der Waals surface area contributed by atoms with Crippen molar-refractivity contribution in [2.45, 2.75) is 38.1 Å². The van der Waals surface area contributed by atoms with E-state index in [1.807, 2.05) is 0 Å². The van der Waals surface area contributed by atoms with Crippen LogP contribution in [0.1, 0.15) is 31.2 Å². The van der Waals surface area contributed by atoms with Gasteiger partial charge in [0.25, 0.3) is 0 Å². The molecular weight excluding hydrogens is 222 g/mol. The molecule has 0 fully saturated rings. The molecule has 0 aliphatic carbocycles. The van der Waals surface area contributed by atoms with Crippen LogP contribution in [0, 0.1) is 11.6 Å². The number of benzene rings is 1. The summed E-state index contributed by atoms with van der Waals surface area (Å²) < 4.78 is 25.7. The Kier molecular flexibility index (Phi) is 3.71. The van der Waals surface area contributed by atoms with Crippen molar-refractivity contribution in [3.63, 3.8) is 0 Å². The summed E-state index contributed by atoms with van der Waals surface area (Å²) in [6.45, 7) is 0. The zero-order valence-electron chi connectivity index (χ0n) is 9.63. The Hall–Kier alpha value is -1.45. The first-order valence-electron chi connectivity index (χ1n) is 5.91. The lowest BCUT2D eigenvalue weighted by atomic mass is 9.99. The standard InChI is InChI=1S/C13H16F2N2/c14-11-7-5-9(8-12(11)15)4-6-10-2-1-3-13(16)17-10/h5,7-8,10H,1-4,6H2,(H2,16,17)/t10-/m1/s1. The summed E-state index contributed by atoms with van der Waals surface area (Å²) in [6, 6.07) is 4.28. The zero-order chi connectivity index (χ0) is 12.3. The summed E-state index contributed by atoms with van der Waals surface area (Å²) in [6.07, 6.45) is 4.52. The molecule has 0 spiro atoms. The van der Waals surface area contributed by atoms with E-state index in [2.05, 4.69) is 4.99 Å². The van der Waals surface area contributed by atoms with Crippen LogP contribution in [0.3, 0.4) is 0 Å². The number of aliphatic imine (C=N–C) groups is 1. The second kappa shape index (κ2) is 5.25. The van der Waals surface area contributed by atoms with E-state index in [-0.39, 0.29) is 6.04 Å². The maximum absolute atomic E-state index is 13.0. The van der Waals surface area contributed by atoms with E-state index in [4.69, 9.17) is 5.73 Å². The van der Waals surface area contributed by atoms with Crippen molar-refractivity contribution in [2.24, 2.45) is 10.7 Å². The van der Waals surface area contributed by atoms with Crippen LogP contribution in [0.15, 0.2) is 23.2 Å². The van der Waals surface area contributed by atoms with Gasteiger partial charge < -0.3 is 5.73 Å². The fraction of sp³-hybridized carbons (Fsp3) is 0.462. The largest absolute Gasteiger partial charge is 0.387 e. The highest BCUT2D eigenvalue weighted by Crippen LogP contribution is 2.18. The molecule has 4 heteroatoms. The van der Waals surface area contributed by atoms with E-state index >= 15 is 0 Å². The quantitative estimate of drug-likeness (QED) is 0.864. The van der Waals surface area contributed by atoms with Crippen LogP contribution in [0.5, 0.6) is 0 Å². The van der Waals surface area contributed by atoms with Gasteiger partial charge in [0.05, 0.1) is 11.9 Å². The van der Waals surface area contributed by atoms with Gasteiger partial charge in [0.15, 0.2) is 11.6 Å². The van der Waals surface area contributed by atoms with E-state index in [1.54, 1.807) is 6.07 Å². The Balaban J connectivity index is 1.93. The number of rotatable bonds is 3. The number of amidine groups is 1. The Labute approximate surface area is 99.5 Å². The van der Waals surface area contributed by atoms with Gasteiger partial charge in [-0.05, 0) is 43.4 Å². The maximum atomic E-state index is 13.0. The van der Waals surface area contributed by atoms with Crippen LogP contribution in [0.25, 0.3) is 0 Å². The molecule has 2 rings (SSSR count). The second-order valence-corrected chi connectivity index (χ2v) is 4.45. The van der Waals surface area contributed by atoms with Crippen molar-refractivity contribution in [3.05, 3.63) is 35.4 Å². The summed E-state index contributed by atoms with van der Waals surface area (Å²) >= 11 is 0. The van der Waals surface area contributed by atoms with Gasteiger partial charge in [-0.15, -0.1) is 0 Å². The molecular formula is C13H16F2N2. The highest BCUT2D eigenvalue weighted by molar-refractivity contribution is 5.80. The highest BCUT2D eigenvalue weighted by atomic mass is 19.2. The zero-order valence-corrected chi connectivity index (χ0v) is 9.63. The molecule has 0 amide bonds. The summed E-state index contributed by atoms with van der Waals surface area (Å²) in [7, 11) is 0. The third kappa shape index (κ3) is 3.25. The van der Waals surface area contributed by atoms with Gasteiger partial charge in [0.1, 0.15) is 0 Å². The molecule has 1 aliphatic heterocycles. The van der Waals surface area contributed by atoms with Gasteiger partial charge in [-0.2, -0.15) is 0 Å². The maximum Gasteiger partial charge on any atom is 0.159 e. The lowest BCUT2D eigenvalue weighted by Crippen LogP contribution is -2.22. The topological polar surface area (TPSA) is 38.4 Å². The average molecular weight is 238 g/mol. The van der Waals surface area contributed by atoms with Crippen molar-refractivity contribution < 1.29 is 8.78 Å². The second-order valence-electron chi connectivity index (χ2n) is 4.45.